The van der Waals surface area contributed by atoms with E-state index >= 15 is 0 Å². The standard InChI is InChI=1S/C29H28N6O8S/c1-13(36)32-16-8-4-15(5-9-16)22-31-12-18(23(38)33-22)24(39)34(25(40)19(30)14-6-10-17(37)11-7-14)20-26(41)35-21(28(42)43)29(2,3)44-27(20)35/h4-12,19-21,27,37H,30H2,1-3H3,(H,32,36)(H,42,43)(H,31,33,38)/t19?,20-,21+,27-/m1/s1. The van der Waals surface area contributed by atoms with Crippen molar-refractivity contribution in [2.45, 2.75) is 49.0 Å². The minimum Gasteiger partial charge on any atom is -0.508 e. The van der Waals surface area contributed by atoms with Gasteiger partial charge in [0.25, 0.3) is 23.3 Å². The minimum absolute atomic E-state index is 0.0853. The zero-order valence-corrected chi connectivity index (χ0v) is 24.5. The van der Waals surface area contributed by atoms with Crippen LogP contribution in [-0.2, 0) is 19.2 Å². The average Bonchev–Trinajstić information content (AvgIpc) is 3.22. The molecule has 44 heavy (non-hydrogen) atoms. The fourth-order valence-corrected chi connectivity index (χ4v) is 6.98. The van der Waals surface area contributed by atoms with E-state index in [1.807, 2.05) is 0 Å². The Balaban J connectivity index is 1.51. The van der Waals surface area contributed by atoms with Gasteiger partial charge in [-0.05, 0) is 55.8 Å². The largest absolute Gasteiger partial charge is 0.508 e. The van der Waals surface area contributed by atoms with Crippen LogP contribution in [0.1, 0.15) is 42.7 Å². The Hall–Kier alpha value is -5.02. The number of carboxylic acid groups (broad SMARTS) is 1. The van der Waals surface area contributed by atoms with Crippen molar-refractivity contribution in [3.63, 3.8) is 0 Å². The molecule has 0 spiro atoms. The molecule has 0 saturated carbocycles. The molecular formula is C29H28N6O8S. The third kappa shape index (κ3) is 5.31. The number of nitrogens with zero attached hydrogens (tertiary/aromatic N) is 3. The number of benzene rings is 2. The molecule has 14 nitrogen and oxygen atoms in total. The third-order valence-corrected chi connectivity index (χ3v) is 8.97. The van der Waals surface area contributed by atoms with E-state index in [-0.39, 0.29) is 23.0 Å². The maximum absolute atomic E-state index is 14.0. The molecule has 2 aliphatic rings. The zero-order valence-electron chi connectivity index (χ0n) is 23.7. The van der Waals surface area contributed by atoms with Crippen LogP contribution in [0.15, 0.2) is 59.5 Å². The fraction of sp³-hybridized carbons (Fsp3) is 0.276. The number of hydrogen-bond acceptors (Lipinski definition) is 10. The first-order valence-electron chi connectivity index (χ1n) is 13.3. The van der Waals surface area contributed by atoms with Gasteiger partial charge in [-0.2, -0.15) is 0 Å². The molecule has 0 aliphatic carbocycles. The van der Waals surface area contributed by atoms with E-state index in [0.29, 0.717) is 16.2 Å². The first kappa shape index (κ1) is 30.4. The Morgan fingerprint density at radius 1 is 1.09 bits per heavy atom. The van der Waals surface area contributed by atoms with Crippen LogP contribution in [-0.4, -0.2) is 81.8 Å². The van der Waals surface area contributed by atoms with Gasteiger partial charge in [-0.25, -0.2) is 9.78 Å². The van der Waals surface area contributed by atoms with Crippen LogP contribution in [0.4, 0.5) is 5.69 Å². The molecule has 3 heterocycles. The predicted molar refractivity (Wildman–Crippen MR) is 158 cm³/mol. The van der Waals surface area contributed by atoms with Crippen LogP contribution in [0.3, 0.4) is 0 Å². The third-order valence-electron chi connectivity index (χ3n) is 7.41. The van der Waals surface area contributed by atoms with Gasteiger partial charge in [-0.15, -0.1) is 11.8 Å². The van der Waals surface area contributed by atoms with Crippen molar-refractivity contribution in [1.82, 2.24) is 19.8 Å². The highest BCUT2D eigenvalue weighted by Crippen LogP contribution is 2.52. The van der Waals surface area contributed by atoms with Crippen LogP contribution in [0.25, 0.3) is 11.4 Å². The highest BCUT2D eigenvalue weighted by Gasteiger charge is 2.66. The number of fused-ring (bicyclic) bond motifs is 1. The molecule has 1 unspecified atom stereocenters. The van der Waals surface area contributed by atoms with E-state index in [1.54, 1.807) is 38.1 Å². The van der Waals surface area contributed by atoms with E-state index in [2.05, 4.69) is 15.3 Å². The Bertz CT molecular complexity index is 1740. The molecule has 2 aromatic carbocycles. The second-order valence-corrected chi connectivity index (χ2v) is 12.6. The molecule has 228 valence electrons. The minimum atomic E-state index is -1.47. The number of hydrogen-bond donors (Lipinski definition) is 5. The molecular weight excluding hydrogens is 592 g/mol. The normalized spacial score (nSPS) is 20.7. The van der Waals surface area contributed by atoms with Gasteiger partial charge in [0.1, 0.15) is 40.6 Å². The monoisotopic (exact) mass is 620 g/mol. The van der Waals surface area contributed by atoms with Crippen LogP contribution >= 0.6 is 11.8 Å². The first-order valence-corrected chi connectivity index (χ1v) is 14.2. The maximum Gasteiger partial charge on any atom is 0.327 e. The summed E-state index contributed by atoms with van der Waals surface area (Å²) in [7, 11) is 0. The quantitative estimate of drug-likeness (QED) is 0.237. The Morgan fingerprint density at radius 3 is 2.30 bits per heavy atom. The summed E-state index contributed by atoms with van der Waals surface area (Å²) in [4.78, 5) is 86.2. The molecule has 4 atom stereocenters. The number of phenols is 1. The molecule has 2 saturated heterocycles. The van der Waals surface area contributed by atoms with Crippen LogP contribution in [0.2, 0.25) is 0 Å². The van der Waals surface area contributed by atoms with Crippen molar-refractivity contribution < 1.29 is 34.2 Å². The summed E-state index contributed by atoms with van der Waals surface area (Å²) in [6.07, 6.45) is 0.983. The van der Waals surface area contributed by atoms with E-state index < -0.39 is 63.1 Å². The predicted octanol–water partition coefficient (Wildman–Crippen LogP) is 1.29. The van der Waals surface area contributed by atoms with Gasteiger partial charge in [-0.3, -0.25) is 28.9 Å². The Morgan fingerprint density at radius 2 is 1.73 bits per heavy atom. The SMILES string of the molecule is CC(=O)Nc1ccc(-c2ncc(C(=O)N(C(=O)C(N)c3ccc(O)cc3)[C@@H]3C(=O)N4[C@@H]3SC(C)(C)[C@@H]4C(=O)O)c(=O)[nH]2)cc1. The van der Waals surface area contributed by atoms with Gasteiger partial charge in [0, 0.05) is 29.1 Å². The average molecular weight is 621 g/mol. The number of imide groups is 1. The number of β-lactam (4-membered cyclic amide) rings is 1. The fourth-order valence-electron chi connectivity index (χ4n) is 5.31. The number of H-pyrrole nitrogens is 1. The van der Waals surface area contributed by atoms with Crippen LogP contribution < -0.4 is 16.6 Å². The first-order chi connectivity index (χ1) is 20.7. The summed E-state index contributed by atoms with van der Waals surface area (Å²) < 4.78 is -0.950. The van der Waals surface area contributed by atoms with Crippen molar-refractivity contribution in [1.29, 1.82) is 0 Å². The molecule has 2 aliphatic heterocycles. The number of carboxylic acids is 1. The van der Waals surface area contributed by atoms with Crippen LogP contribution in [0, 0.1) is 0 Å². The van der Waals surface area contributed by atoms with E-state index in [0.717, 1.165) is 22.9 Å². The highest BCUT2D eigenvalue weighted by molar-refractivity contribution is 8.01. The Kier molecular flexibility index (Phi) is 7.77. The summed E-state index contributed by atoms with van der Waals surface area (Å²) in [6, 6.07) is 7.63. The van der Waals surface area contributed by atoms with Gasteiger partial charge in [0.15, 0.2) is 0 Å². The second-order valence-electron chi connectivity index (χ2n) is 10.9. The number of rotatable bonds is 7. The summed E-state index contributed by atoms with van der Waals surface area (Å²) >= 11 is 1.12. The smallest absolute Gasteiger partial charge is 0.327 e. The van der Waals surface area contributed by atoms with Gasteiger partial charge < -0.3 is 31.1 Å². The number of nitrogens with two attached hydrogens (primary N) is 1. The molecule has 6 N–H and O–H groups in total. The lowest BCUT2D eigenvalue weighted by molar-refractivity contribution is -0.166. The molecule has 5 rings (SSSR count). The van der Waals surface area contributed by atoms with E-state index in [4.69, 9.17) is 5.73 Å². The number of aromatic nitrogens is 2. The number of aromatic hydroxyl groups is 1. The molecule has 0 radical (unpaired) electrons. The summed E-state index contributed by atoms with van der Waals surface area (Å²) in [5.74, 6) is -4.40. The Labute approximate surface area is 254 Å². The molecule has 4 amide bonds. The molecule has 3 aromatic rings. The number of phenolic OH excluding ortho intramolecular Hbond substituents is 1. The van der Waals surface area contributed by atoms with Gasteiger partial charge in [-0.1, -0.05) is 12.1 Å². The number of amides is 4. The van der Waals surface area contributed by atoms with Crippen LogP contribution in [0.5, 0.6) is 5.75 Å². The lowest BCUT2D eigenvalue weighted by atomic mass is 9.94. The number of thioether (sulfide) groups is 1. The summed E-state index contributed by atoms with van der Waals surface area (Å²) in [5, 5.41) is 21.2. The lowest BCUT2D eigenvalue weighted by Crippen LogP contribution is -2.72. The molecule has 2 fully saturated rings. The zero-order chi connectivity index (χ0) is 32.1. The molecule has 0 bridgehead atoms. The number of aromatic amines is 1. The van der Waals surface area contributed by atoms with Gasteiger partial charge in [0.2, 0.25) is 5.91 Å². The number of carbonyl (C=O) groups is 5. The number of nitrogens with one attached hydrogen (secondary N) is 2. The van der Waals surface area contributed by atoms with Crippen molar-refractivity contribution in [2.24, 2.45) is 5.73 Å². The van der Waals surface area contributed by atoms with Gasteiger partial charge in [0.05, 0.1) is 0 Å². The second kappa shape index (κ2) is 11.2. The van der Waals surface area contributed by atoms with Crippen molar-refractivity contribution >= 4 is 47.0 Å². The van der Waals surface area contributed by atoms with Crippen molar-refractivity contribution in [3.8, 4) is 17.1 Å². The number of aliphatic carboxylic acids is 1. The van der Waals surface area contributed by atoms with Crippen molar-refractivity contribution in [2.75, 3.05) is 5.32 Å². The van der Waals surface area contributed by atoms with Crippen molar-refractivity contribution in [3.05, 3.63) is 76.2 Å². The maximum atomic E-state index is 14.0. The van der Waals surface area contributed by atoms with E-state index in [1.165, 1.54) is 31.2 Å². The van der Waals surface area contributed by atoms with E-state index in [9.17, 15) is 39.0 Å². The highest BCUT2D eigenvalue weighted by atomic mass is 32.2. The molecule has 1 aromatic heterocycles. The lowest BCUT2D eigenvalue weighted by Gasteiger charge is -2.47. The van der Waals surface area contributed by atoms with Gasteiger partial charge >= 0.3 is 5.97 Å². The number of anilines is 1. The number of carbonyl (C=O) groups excluding carboxylic acids is 4. The summed E-state index contributed by atoms with van der Waals surface area (Å²) in [6.45, 7) is 4.65. The molecule has 15 heteroatoms. The topological polar surface area (TPSA) is 216 Å². The summed E-state index contributed by atoms with van der Waals surface area (Å²) in [5.41, 5.74) is 6.01.